The number of phenolic OH excluding ortho intramolecular Hbond substituents is 1. The second kappa shape index (κ2) is 4.99. The number of nitrogens with zero attached hydrogens (tertiary/aromatic N) is 1. The first-order valence-corrected chi connectivity index (χ1v) is 4.86. The molecule has 0 saturated heterocycles. The van der Waals surface area contributed by atoms with E-state index < -0.39 is 17.3 Å². The third-order valence-electron chi connectivity index (χ3n) is 1.82. The second-order valence-electron chi connectivity index (χ2n) is 3.43. The SMILES string of the molecule is CN(C)C=CC(=O)c1cc(F)cc(Cl)c1O. The molecule has 5 heteroatoms. The number of hydrogen-bond donors (Lipinski definition) is 1. The van der Waals surface area contributed by atoms with Crippen LogP contribution in [0.5, 0.6) is 5.75 Å². The average molecular weight is 244 g/mol. The minimum absolute atomic E-state index is 0.150. The van der Waals surface area contributed by atoms with Gasteiger partial charge in [-0.2, -0.15) is 0 Å². The summed E-state index contributed by atoms with van der Waals surface area (Å²) in [5, 5.41) is 9.31. The Kier molecular flexibility index (Phi) is 3.90. The Balaban J connectivity index is 3.09. The summed E-state index contributed by atoms with van der Waals surface area (Å²) in [4.78, 5) is 13.2. The lowest BCUT2D eigenvalue weighted by Crippen LogP contribution is -2.03. The van der Waals surface area contributed by atoms with E-state index in [1.165, 1.54) is 12.3 Å². The summed E-state index contributed by atoms with van der Waals surface area (Å²) in [6, 6.07) is 1.90. The fraction of sp³-hybridized carbons (Fsp3) is 0.182. The molecular weight excluding hydrogens is 233 g/mol. The summed E-state index contributed by atoms with van der Waals surface area (Å²) in [5.41, 5.74) is -0.150. The van der Waals surface area contributed by atoms with Crippen molar-refractivity contribution in [3.63, 3.8) is 0 Å². The Labute approximate surface area is 97.8 Å². The molecule has 0 unspecified atom stereocenters. The monoisotopic (exact) mass is 243 g/mol. The molecule has 0 bridgehead atoms. The van der Waals surface area contributed by atoms with E-state index >= 15 is 0 Å². The number of ketones is 1. The molecular formula is C11H11ClFNO2. The van der Waals surface area contributed by atoms with Crippen LogP contribution >= 0.6 is 11.6 Å². The van der Waals surface area contributed by atoms with Gasteiger partial charge in [-0.25, -0.2) is 4.39 Å². The number of carbonyl (C=O) groups is 1. The molecule has 16 heavy (non-hydrogen) atoms. The van der Waals surface area contributed by atoms with E-state index in [1.54, 1.807) is 19.0 Å². The minimum atomic E-state index is -0.663. The molecule has 0 heterocycles. The Hall–Kier alpha value is -1.55. The smallest absolute Gasteiger partial charge is 0.191 e. The van der Waals surface area contributed by atoms with Crippen molar-refractivity contribution in [3.8, 4) is 5.75 Å². The normalized spacial score (nSPS) is 10.8. The first-order chi connectivity index (χ1) is 7.41. The zero-order chi connectivity index (χ0) is 12.3. The number of rotatable bonds is 3. The van der Waals surface area contributed by atoms with Gasteiger partial charge in [0.05, 0.1) is 10.6 Å². The maximum atomic E-state index is 13.0. The van der Waals surface area contributed by atoms with Crippen LogP contribution < -0.4 is 0 Å². The summed E-state index contributed by atoms with van der Waals surface area (Å²) in [5.74, 6) is -1.58. The molecule has 0 saturated carbocycles. The number of benzene rings is 1. The van der Waals surface area contributed by atoms with Gasteiger partial charge in [-0.05, 0) is 12.1 Å². The van der Waals surface area contributed by atoms with Crippen LogP contribution in [0.2, 0.25) is 5.02 Å². The van der Waals surface area contributed by atoms with Crippen molar-refractivity contribution in [2.24, 2.45) is 0 Å². The molecule has 0 aliphatic rings. The number of hydrogen-bond acceptors (Lipinski definition) is 3. The van der Waals surface area contributed by atoms with Gasteiger partial charge < -0.3 is 10.0 Å². The fourth-order valence-electron chi connectivity index (χ4n) is 1.06. The molecule has 0 spiro atoms. The Morgan fingerprint density at radius 2 is 2.12 bits per heavy atom. The maximum absolute atomic E-state index is 13.0. The zero-order valence-corrected chi connectivity index (χ0v) is 9.62. The third-order valence-corrected chi connectivity index (χ3v) is 2.11. The highest BCUT2D eigenvalue weighted by molar-refractivity contribution is 6.32. The molecule has 1 rings (SSSR count). The zero-order valence-electron chi connectivity index (χ0n) is 8.87. The molecule has 1 aromatic rings. The van der Waals surface area contributed by atoms with E-state index in [-0.39, 0.29) is 10.6 Å². The van der Waals surface area contributed by atoms with Crippen LogP contribution in [0, 0.1) is 5.82 Å². The second-order valence-corrected chi connectivity index (χ2v) is 3.83. The van der Waals surface area contributed by atoms with Gasteiger partial charge in [0.25, 0.3) is 0 Å². The van der Waals surface area contributed by atoms with Crippen LogP contribution in [-0.2, 0) is 0 Å². The highest BCUT2D eigenvalue weighted by Crippen LogP contribution is 2.29. The number of allylic oxidation sites excluding steroid dienone is 1. The molecule has 0 aromatic heterocycles. The van der Waals surface area contributed by atoms with Gasteiger partial charge in [0.15, 0.2) is 5.78 Å². The number of phenols is 1. The molecule has 0 aliphatic carbocycles. The van der Waals surface area contributed by atoms with Gasteiger partial charge in [-0.15, -0.1) is 0 Å². The van der Waals surface area contributed by atoms with Crippen molar-refractivity contribution in [3.05, 3.63) is 40.8 Å². The van der Waals surface area contributed by atoms with Gasteiger partial charge in [-0.1, -0.05) is 11.6 Å². The van der Waals surface area contributed by atoms with E-state index in [4.69, 9.17) is 11.6 Å². The summed E-state index contributed by atoms with van der Waals surface area (Å²) in [7, 11) is 3.48. The molecule has 1 N–H and O–H groups in total. The van der Waals surface area contributed by atoms with Crippen molar-refractivity contribution in [2.75, 3.05) is 14.1 Å². The molecule has 0 amide bonds. The standard InChI is InChI=1S/C11H11ClFNO2/c1-14(2)4-3-10(15)8-5-7(13)6-9(12)11(8)16/h3-6,16H,1-2H3. The van der Waals surface area contributed by atoms with E-state index in [9.17, 15) is 14.3 Å². The first-order valence-electron chi connectivity index (χ1n) is 4.49. The lowest BCUT2D eigenvalue weighted by atomic mass is 10.1. The summed E-state index contributed by atoms with van der Waals surface area (Å²) < 4.78 is 13.0. The van der Waals surface area contributed by atoms with Crippen molar-refractivity contribution in [1.82, 2.24) is 4.90 Å². The van der Waals surface area contributed by atoms with Crippen molar-refractivity contribution in [2.45, 2.75) is 0 Å². The minimum Gasteiger partial charge on any atom is -0.506 e. The van der Waals surface area contributed by atoms with Crippen LogP contribution in [0.3, 0.4) is 0 Å². The summed E-state index contributed by atoms with van der Waals surface area (Å²) in [6.07, 6.45) is 2.73. The number of halogens is 2. The van der Waals surface area contributed by atoms with Crippen molar-refractivity contribution >= 4 is 17.4 Å². The van der Waals surface area contributed by atoms with Crippen molar-refractivity contribution in [1.29, 1.82) is 0 Å². The molecule has 0 aliphatic heterocycles. The van der Waals surface area contributed by atoms with E-state index in [0.29, 0.717) is 0 Å². The topological polar surface area (TPSA) is 40.5 Å². The molecule has 0 atom stereocenters. The largest absolute Gasteiger partial charge is 0.506 e. The van der Waals surface area contributed by atoms with Crippen LogP contribution in [-0.4, -0.2) is 29.9 Å². The molecule has 86 valence electrons. The molecule has 0 radical (unpaired) electrons. The fourth-order valence-corrected chi connectivity index (χ4v) is 1.27. The van der Waals surface area contributed by atoms with E-state index in [2.05, 4.69) is 0 Å². The highest BCUT2D eigenvalue weighted by Gasteiger charge is 2.13. The van der Waals surface area contributed by atoms with E-state index in [0.717, 1.165) is 12.1 Å². The number of aromatic hydroxyl groups is 1. The van der Waals surface area contributed by atoms with Crippen LogP contribution in [0.4, 0.5) is 4.39 Å². The molecule has 3 nitrogen and oxygen atoms in total. The lowest BCUT2D eigenvalue weighted by Gasteiger charge is -2.05. The predicted octanol–water partition coefficient (Wildman–Crippen LogP) is 2.44. The molecule has 0 fully saturated rings. The van der Waals surface area contributed by atoms with E-state index in [1.807, 2.05) is 0 Å². The van der Waals surface area contributed by atoms with Gasteiger partial charge in [-0.3, -0.25) is 4.79 Å². The van der Waals surface area contributed by atoms with Crippen molar-refractivity contribution < 1.29 is 14.3 Å². The predicted molar refractivity (Wildman–Crippen MR) is 60.2 cm³/mol. The van der Waals surface area contributed by atoms with Crippen LogP contribution in [0.15, 0.2) is 24.4 Å². The third kappa shape index (κ3) is 2.97. The van der Waals surface area contributed by atoms with Crippen LogP contribution in [0.1, 0.15) is 10.4 Å². The quantitative estimate of drug-likeness (QED) is 0.655. The first kappa shape index (κ1) is 12.5. The Bertz CT molecular complexity index is 444. The van der Waals surface area contributed by atoms with Gasteiger partial charge in [0.2, 0.25) is 0 Å². The van der Waals surface area contributed by atoms with Gasteiger partial charge in [0.1, 0.15) is 11.6 Å². The van der Waals surface area contributed by atoms with Gasteiger partial charge >= 0.3 is 0 Å². The highest BCUT2D eigenvalue weighted by atomic mass is 35.5. The molecule has 1 aromatic carbocycles. The summed E-state index contributed by atoms with van der Waals surface area (Å²) in [6.45, 7) is 0. The van der Waals surface area contributed by atoms with Gasteiger partial charge in [0, 0.05) is 26.4 Å². The summed E-state index contributed by atoms with van der Waals surface area (Å²) >= 11 is 5.55. The average Bonchev–Trinajstić information content (AvgIpc) is 2.19. The lowest BCUT2D eigenvalue weighted by molar-refractivity contribution is 0.104. The van der Waals surface area contributed by atoms with Crippen LogP contribution in [0.25, 0.3) is 0 Å². The Morgan fingerprint density at radius 1 is 1.50 bits per heavy atom. The Morgan fingerprint density at radius 3 is 2.69 bits per heavy atom. The maximum Gasteiger partial charge on any atom is 0.191 e. The number of carbonyl (C=O) groups excluding carboxylic acids is 1.